The van der Waals surface area contributed by atoms with Crippen LogP contribution in [0.2, 0.25) is 0 Å². The van der Waals surface area contributed by atoms with Gasteiger partial charge in [-0.1, -0.05) is 22.0 Å². The minimum atomic E-state index is 0.409. The summed E-state index contributed by atoms with van der Waals surface area (Å²) in [4.78, 5) is 0. The van der Waals surface area contributed by atoms with E-state index in [1.54, 1.807) is 6.07 Å². The molecule has 0 saturated carbocycles. The van der Waals surface area contributed by atoms with Gasteiger partial charge in [0.1, 0.15) is 5.75 Å². The molecule has 2 N–H and O–H groups in total. The maximum absolute atomic E-state index is 9.70. The molecular formula is C11H14BrNO. The van der Waals surface area contributed by atoms with Gasteiger partial charge in [-0.2, -0.15) is 0 Å². The van der Waals surface area contributed by atoms with Crippen LogP contribution in [0.15, 0.2) is 22.7 Å². The van der Waals surface area contributed by atoms with E-state index in [2.05, 4.69) is 21.2 Å². The number of hydrogen-bond donors (Lipinski definition) is 2. The molecule has 0 radical (unpaired) electrons. The third-order valence-electron chi connectivity index (χ3n) is 2.75. The quantitative estimate of drug-likeness (QED) is 0.851. The summed E-state index contributed by atoms with van der Waals surface area (Å²) >= 11 is 3.47. The molecule has 1 aromatic carbocycles. The first-order chi connectivity index (χ1) is 6.77. The summed E-state index contributed by atoms with van der Waals surface area (Å²) in [6, 6.07) is 5.59. The lowest BCUT2D eigenvalue weighted by Gasteiger charge is -2.11. The Labute approximate surface area is 92.5 Å². The minimum absolute atomic E-state index is 0.409. The second kappa shape index (κ2) is 4.32. The highest BCUT2D eigenvalue weighted by Gasteiger charge is 2.17. The molecule has 76 valence electrons. The van der Waals surface area contributed by atoms with Crippen molar-refractivity contribution in [2.45, 2.75) is 12.8 Å². The predicted octanol–water partition coefficient (Wildman–Crippen LogP) is 2.31. The van der Waals surface area contributed by atoms with Gasteiger partial charge in [0.2, 0.25) is 0 Å². The Morgan fingerprint density at radius 2 is 2.36 bits per heavy atom. The largest absolute Gasteiger partial charge is 0.508 e. The standard InChI is InChI=1S/C11H14BrNO/c12-10-2-1-3-11(14)9(10)6-8-4-5-13-7-8/h1-3,8,13-14H,4-7H2. The number of rotatable bonds is 2. The maximum Gasteiger partial charge on any atom is 0.119 e. The van der Waals surface area contributed by atoms with Crippen molar-refractivity contribution in [1.29, 1.82) is 0 Å². The molecule has 14 heavy (non-hydrogen) atoms. The molecule has 3 heteroatoms. The molecule has 1 unspecified atom stereocenters. The third-order valence-corrected chi connectivity index (χ3v) is 3.49. The minimum Gasteiger partial charge on any atom is -0.508 e. The van der Waals surface area contributed by atoms with Crippen molar-refractivity contribution in [1.82, 2.24) is 5.32 Å². The van der Waals surface area contributed by atoms with Crippen molar-refractivity contribution in [3.8, 4) is 5.75 Å². The van der Waals surface area contributed by atoms with E-state index in [0.717, 1.165) is 29.5 Å². The van der Waals surface area contributed by atoms with Gasteiger partial charge in [0.15, 0.2) is 0 Å². The van der Waals surface area contributed by atoms with Crippen LogP contribution in [0.1, 0.15) is 12.0 Å². The Hall–Kier alpha value is -0.540. The molecule has 0 aliphatic carbocycles. The molecule has 1 aliphatic heterocycles. The van der Waals surface area contributed by atoms with E-state index in [0.29, 0.717) is 11.7 Å². The topological polar surface area (TPSA) is 32.3 Å². The summed E-state index contributed by atoms with van der Waals surface area (Å²) in [5.74, 6) is 1.07. The zero-order chi connectivity index (χ0) is 9.97. The second-order valence-electron chi connectivity index (χ2n) is 3.80. The third kappa shape index (κ3) is 2.10. The molecule has 1 atom stereocenters. The molecular weight excluding hydrogens is 242 g/mol. The number of hydrogen-bond acceptors (Lipinski definition) is 2. The molecule has 2 nitrogen and oxygen atoms in total. The van der Waals surface area contributed by atoms with Crippen molar-refractivity contribution < 1.29 is 5.11 Å². The van der Waals surface area contributed by atoms with Gasteiger partial charge in [-0.25, -0.2) is 0 Å². The highest BCUT2D eigenvalue weighted by molar-refractivity contribution is 9.10. The molecule has 1 aromatic rings. The molecule has 1 fully saturated rings. The Balaban J connectivity index is 2.14. The van der Waals surface area contributed by atoms with Crippen LogP contribution in [-0.4, -0.2) is 18.2 Å². The lowest BCUT2D eigenvalue weighted by atomic mass is 9.98. The van der Waals surface area contributed by atoms with E-state index < -0.39 is 0 Å². The zero-order valence-corrected chi connectivity index (χ0v) is 9.55. The monoisotopic (exact) mass is 255 g/mol. The highest BCUT2D eigenvalue weighted by Crippen LogP contribution is 2.29. The predicted molar refractivity (Wildman–Crippen MR) is 60.5 cm³/mol. The average molecular weight is 256 g/mol. The van der Waals surface area contributed by atoms with Gasteiger partial charge < -0.3 is 10.4 Å². The number of halogens is 1. The lowest BCUT2D eigenvalue weighted by Crippen LogP contribution is -2.11. The van der Waals surface area contributed by atoms with E-state index in [9.17, 15) is 5.11 Å². The van der Waals surface area contributed by atoms with Crippen LogP contribution in [0.4, 0.5) is 0 Å². The van der Waals surface area contributed by atoms with Crippen LogP contribution in [0.25, 0.3) is 0 Å². The SMILES string of the molecule is Oc1cccc(Br)c1CC1CCNC1. The zero-order valence-electron chi connectivity index (χ0n) is 7.96. The van der Waals surface area contributed by atoms with Gasteiger partial charge in [0.05, 0.1) is 0 Å². The fraction of sp³-hybridized carbons (Fsp3) is 0.455. The molecule has 0 aromatic heterocycles. The van der Waals surface area contributed by atoms with E-state index in [1.165, 1.54) is 6.42 Å². The summed E-state index contributed by atoms with van der Waals surface area (Å²) in [7, 11) is 0. The second-order valence-corrected chi connectivity index (χ2v) is 4.65. The van der Waals surface area contributed by atoms with Gasteiger partial charge >= 0.3 is 0 Å². The fourth-order valence-electron chi connectivity index (χ4n) is 1.93. The van der Waals surface area contributed by atoms with Gasteiger partial charge in [-0.05, 0) is 44.0 Å². The van der Waals surface area contributed by atoms with Crippen LogP contribution >= 0.6 is 15.9 Å². The Kier molecular flexibility index (Phi) is 3.08. The van der Waals surface area contributed by atoms with Crippen LogP contribution in [0, 0.1) is 5.92 Å². The van der Waals surface area contributed by atoms with Gasteiger partial charge in [-0.3, -0.25) is 0 Å². The lowest BCUT2D eigenvalue weighted by molar-refractivity contribution is 0.458. The van der Waals surface area contributed by atoms with Crippen LogP contribution < -0.4 is 5.32 Å². The summed E-state index contributed by atoms with van der Waals surface area (Å²) in [6.45, 7) is 2.18. The van der Waals surface area contributed by atoms with Crippen molar-refractivity contribution in [2.75, 3.05) is 13.1 Å². The first-order valence-electron chi connectivity index (χ1n) is 4.94. The fourth-order valence-corrected chi connectivity index (χ4v) is 2.44. The van der Waals surface area contributed by atoms with Gasteiger partial charge in [0, 0.05) is 10.0 Å². The first kappa shape index (κ1) is 9.99. The van der Waals surface area contributed by atoms with Crippen LogP contribution in [0.3, 0.4) is 0 Å². The van der Waals surface area contributed by atoms with Crippen LogP contribution in [-0.2, 0) is 6.42 Å². The summed E-state index contributed by atoms with van der Waals surface area (Å²) in [5.41, 5.74) is 1.04. The Morgan fingerprint density at radius 3 is 3.00 bits per heavy atom. The molecule has 1 saturated heterocycles. The highest BCUT2D eigenvalue weighted by atomic mass is 79.9. The number of nitrogens with one attached hydrogen (secondary N) is 1. The molecule has 1 aliphatic rings. The number of aromatic hydroxyl groups is 1. The summed E-state index contributed by atoms with van der Waals surface area (Å²) in [6.07, 6.45) is 2.17. The molecule has 1 heterocycles. The van der Waals surface area contributed by atoms with Gasteiger partial charge in [0.25, 0.3) is 0 Å². The van der Waals surface area contributed by atoms with E-state index in [-0.39, 0.29) is 0 Å². The van der Waals surface area contributed by atoms with E-state index in [1.807, 2.05) is 12.1 Å². The van der Waals surface area contributed by atoms with Crippen molar-refractivity contribution in [2.24, 2.45) is 5.92 Å². The van der Waals surface area contributed by atoms with Crippen molar-refractivity contribution in [3.63, 3.8) is 0 Å². The number of phenolic OH excluding ortho intramolecular Hbond substituents is 1. The van der Waals surface area contributed by atoms with E-state index in [4.69, 9.17) is 0 Å². The van der Waals surface area contributed by atoms with Crippen LogP contribution in [0.5, 0.6) is 5.75 Å². The van der Waals surface area contributed by atoms with E-state index >= 15 is 0 Å². The molecule has 0 amide bonds. The van der Waals surface area contributed by atoms with Gasteiger partial charge in [-0.15, -0.1) is 0 Å². The summed E-state index contributed by atoms with van der Waals surface area (Å²) < 4.78 is 1.02. The average Bonchev–Trinajstić information content (AvgIpc) is 2.64. The molecule has 0 bridgehead atoms. The number of phenols is 1. The molecule has 2 rings (SSSR count). The Morgan fingerprint density at radius 1 is 1.50 bits per heavy atom. The summed E-state index contributed by atoms with van der Waals surface area (Å²) in [5, 5.41) is 13.0. The van der Waals surface area contributed by atoms with Crippen molar-refractivity contribution in [3.05, 3.63) is 28.2 Å². The smallest absolute Gasteiger partial charge is 0.119 e. The number of benzene rings is 1. The normalized spacial score (nSPS) is 21.4. The van der Waals surface area contributed by atoms with Crippen molar-refractivity contribution >= 4 is 15.9 Å². The first-order valence-corrected chi connectivity index (χ1v) is 5.74. The Bertz CT molecular complexity index is 301. The molecule has 0 spiro atoms. The maximum atomic E-state index is 9.70.